The molecule has 0 saturated heterocycles. The number of ether oxygens (including phenoxy) is 1. The van der Waals surface area contributed by atoms with E-state index in [1.54, 1.807) is 0 Å². The Morgan fingerprint density at radius 2 is 1.36 bits per heavy atom. The molecule has 0 N–H and O–H groups in total. The van der Waals surface area contributed by atoms with E-state index in [0.717, 1.165) is 23.5 Å². The predicted molar refractivity (Wildman–Crippen MR) is 121 cm³/mol. The summed E-state index contributed by atoms with van der Waals surface area (Å²) < 4.78 is 12.2. The number of hydrogen-bond donors (Lipinski definition) is 0. The van der Waals surface area contributed by atoms with Gasteiger partial charge in [-0.2, -0.15) is 0 Å². The van der Waals surface area contributed by atoms with Gasteiger partial charge in [0.15, 0.2) is 0 Å². The third-order valence-corrected chi connectivity index (χ3v) is 7.32. The molecule has 0 spiro atoms. The van der Waals surface area contributed by atoms with E-state index in [1.165, 1.54) is 5.19 Å². The lowest BCUT2D eigenvalue weighted by Crippen LogP contribution is -2.46. The van der Waals surface area contributed by atoms with Crippen LogP contribution < -0.4 is 9.92 Å². The summed E-state index contributed by atoms with van der Waals surface area (Å²) in [5, 5.41) is 1.33. The van der Waals surface area contributed by atoms with Gasteiger partial charge in [-0.1, -0.05) is 72.8 Å². The van der Waals surface area contributed by atoms with Crippen LogP contribution in [0.5, 0.6) is 11.5 Å². The quantitative estimate of drug-likeness (QED) is 0.416. The fraction of sp³-hybridized carbons (Fsp3) is 0.200. The third kappa shape index (κ3) is 5.94. The zero-order chi connectivity index (χ0) is 19.8. The van der Waals surface area contributed by atoms with Crippen LogP contribution in [0.1, 0.15) is 18.9 Å². The average Bonchev–Trinajstić information content (AvgIpc) is 2.70. The summed E-state index contributed by atoms with van der Waals surface area (Å²) in [5.74, 6) is 1.69. The van der Waals surface area contributed by atoms with Crippen molar-refractivity contribution in [2.24, 2.45) is 0 Å². The molecule has 0 fully saturated rings. The van der Waals surface area contributed by atoms with Gasteiger partial charge in [0.05, 0.1) is 0 Å². The highest BCUT2D eigenvalue weighted by Crippen LogP contribution is 2.21. The van der Waals surface area contributed by atoms with Gasteiger partial charge in [0.25, 0.3) is 0 Å². The second-order valence-corrected chi connectivity index (χ2v) is 11.3. The molecule has 0 saturated carbocycles. The molecule has 0 amide bonds. The van der Waals surface area contributed by atoms with Gasteiger partial charge in [0.2, 0.25) is 8.32 Å². The van der Waals surface area contributed by atoms with Crippen molar-refractivity contribution < 1.29 is 9.16 Å². The van der Waals surface area contributed by atoms with Crippen LogP contribution in [0.15, 0.2) is 91.0 Å². The molecule has 3 heteroatoms. The SMILES string of the molecule is CC(C/C=C\c1ccc(Oc2ccccc2)cc1)O[Si](C)(C)c1ccccc1. The molecule has 144 valence electrons. The Hall–Kier alpha value is -2.62. The van der Waals surface area contributed by atoms with Crippen molar-refractivity contribution >= 4 is 19.6 Å². The summed E-state index contributed by atoms with van der Waals surface area (Å²) in [4.78, 5) is 0. The lowest BCUT2D eigenvalue weighted by Gasteiger charge is -2.27. The van der Waals surface area contributed by atoms with Crippen molar-refractivity contribution in [3.8, 4) is 11.5 Å². The van der Waals surface area contributed by atoms with E-state index in [0.29, 0.717) is 0 Å². The smallest absolute Gasteiger partial charge is 0.218 e. The van der Waals surface area contributed by atoms with Crippen LogP contribution in [0.3, 0.4) is 0 Å². The van der Waals surface area contributed by atoms with E-state index in [4.69, 9.17) is 9.16 Å². The summed E-state index contributed by atoms with van der Waals surface area (Å²) in [5.41, 5.74) is 1.16. The second-order valence-electron chi connectivity index (χ2n) is 7.43. The first-order chi connectivity index (χ1) is 13.5. The van der Waals surface area contributed by atoms with E-state index in [1.807, 2.05) is 42.5 Å². The molecule has 2 nitrogen and oxygen atoms in total. The highest BCUT2D eigenvalue weighted by molar-refractivity contribution is 6.84. The molecule has 3 rings (SSSR count). The van der Waals surface area contributed by atoms with Crippen molar-refractivity contribution in [2.75, 3.05) is 0 Å². The number of rotatable bonds is 8. The average molecular weight is 389 g/mol. The Bertz CT molecular complexity index is 871. The van der Waals surface area contributed by atoms with Gasteiger partial charge in [0.1, 0.15) is 11.5 Å². The third-order valence-electron chi connectivity index (χ3n) is 4.60. The standard InChI is InChI=1S/C25H28O2Si/c1-21(27-28(2,3)25-15-8-5-9-16-25)11-10-12-22-17-19-24(20-18-22)26-23-13-6-4-7-14-23/h4-10,12-21H,11H2,1-3H3/b12-10-. The first-order valence-corrected chi connectivity index (χ1v) is 12.7. The zero-order valence-electron chi connectivity index (χ0n) is 16.8. The van der Waals surface area contributed by atoms with E-state index in [9.17, 15) is 0 Å². The van der Waals surface area contributed by atoms with Crippen molar-refractivity contribution in [3.63, 3.8) is 0 Å². The molecule has 3 aromatic rings. The van der Waals surface area contributed by atoms with Gasteiger partial charge in [0, 0.05) is 6.10 Å². The molecule has 0 radical (unpaired) electrons. The molecule has 28 heavy (non-hydrogen) atoms. The molecule has 1 atom stereocenters. The van der Waals surface area contributed by atoms with Crippen molar-refractivity contribution in [2.45, 2.75) is 32.5 Å². The minimum Gasteiger partial charge on any atom is -0.457 e. The van der Waals surface area contributed by atoms with Crippen molar-refractivity contribution in [3.05, 3.63) is 96.6 Å². The van der Waals surface area contributed by atoms with Crippen LogP contribution >= 0.6 is 0 Å². The highest BCUT2D eigenvalue weighted by Gasteiger charge is 2.26. The summed E-state index contributed by atoms with van der Waals surface area (Å²) in [6.07, 6.45) is 5.42. The first kappa shape index (κ1) is 20.1. The molecular formula is C25H28O2Si. The van der Waals surface area contributed by atoms with Crippen LogP contribution in [0.25, 0.3) is 6.08 Å². The van der Waals surface area contributed by atoms with Gasteiger partial charge in [-0.25, -0.2) is 0 Å². The Morgan fingerprint density at radius 3 is 2.00 bits per heavy atom. The van der Waals surface area contributed by atoms with Gasteiger partial charge >= 0.3 is 0 Å². The second kappa shape index (κ2) is 9.54. The monoisotopic (exact) mass is 388 g/mol. The normalized spacial score (nSPS) is 12.8. The summed E-state index contributed by atoms with van der Waals surface area (Å²) in [6, 6.07) is 28.5. The van der Waals surface area contributed by atoms with Crippen LogP contribution in [-0.2, 0) is 4.43 Å². The number of para-hydroxylation sites is 1. The fourth-order valence-corrected chi connectivity index (χ4v) is 5.36. The molecule has 0 aliphatic rings. The maximum atomic E-state index is 6.41. The Labute approximate surface area is 169 Å². The van der Waals surface area contributed by atoms with E-state index in [2.05, 4.69) is 74.6 Å². The van der Waals surface area contributed by atoms with Gasteiger partial charge < -0.3 is 9.16 Å². The lowest BCUT2D eigenvalue weighted by atomic mass is 10.1. The molecular weight excluding hydrogens is 360 g/mol. The first-order valence-electron chi connectivity index (χ1n) is 9.76. The zero-order valence-corrected chi connectivity index (χ0v) is 17.8. The van der Waals surface area contributed by atoms with Gasteiger partial charge in [-0.15, -0.1) is 0 Å². The Kier molecular flexibility index (Phi) is 6.85. The van der Waals surface area contributed by atoms with Gasteiger partial charge in [-0.3, -0.25) is 0 Å². The maximum absolute atomic E-state index is 6.41. The molecule has 0 aliphatic carbocycles. The van der Waals surface area contributed by atoms with Crippen LogP contribution in [0, 0.1) is 0 Å². The minimum atomic E-state index is -1.87. The molecule has 0 aromatic heterocycles. The maximum Gasteiger partial charge on any atom is 0.218 e. The van der Waals surface area contributed by atoms with E-state index in [-0.39, 0.29) is 6.10 Å². The number of benzene rings is 3. The molecule has 0 aliphatic heterocycles. The summed E-state index contributed by atoms with van der Waals surface area (Å²) >= 11 is 0. The highest BCUT2D eigenvalue weighted by atomic mass is 28.4. The van der Waals surface area contributed by atoms with E-state index >= 15 is 0 Å². The molecule has 0 heterocycles. The number of hydrogen-bond acceptors (Lipinski definition) is 2. The Balaban J connectivity index is 1.51. The fourth-order valence-electron chi connectivity index (χ4n) is 3.13. The Morgan fingerprint density at radius 1 is 0.786 bits per heavy atom. The minimum absolute atomic E-state index is 0.193. The largest absolute Gasteiger partial charge is 0.457 e. The topological polar surface area (TPSA) is 18.5 Å². The summed E-state index contributed by atoms with van der Waals surface area (Å²) in [7, 11) is -1.87. The molecule has 1 unspecified atom stereocenters. The predicted octanol–water partition coefficient (Wildman–Crippen LogP) is 6.40. The van der Waals surface area contributed by atoms with Crippen LogP contribution in [0.4, 0.5) is 0 Å². The summed E-state index contributed by atoms with van der Waals surface area (Å²) in [6.45, 7) is 6.67. The van der Waals surface area contributed by atoms with Crippen molar-refractivity contribution in [1.82, 2.24) is 0 Å². The van der Waals surface area contributed by atoms with Gasteiger partial charge in [-0.05, 0) is 61.5 Å². The van der Waals surface area contributed by atoms with Crippen LogP contribution in [0.2, 0.25) is 13.1 Å². The molecule has 3 aromatic carbocycles. The van der Waals surface area contributed by atoms with E-state index < -0.39 is 8.32 Å². The van der Waals surface area contributed by atoms with Crippen molar-refractivity contribution in [1.29, 1.82) is 0 Å². The lowest BCUT2D eigenvalue weighted by molar-refractivity contribution is 0.221. The van der Waals surface area contributed by atoms with Crippen LogP contribution in [-0.4, -0.2) is 14.4 Å². The molecule has 0 bridgehead atoms.